The highest BCUT2D eigenvalue weighted by Crippen LogP contribution is 2.19. The topological polar surface area (TPSA) is 59.2 Å². The van der Waals surface area contributed by atoms with Crippen molar-refractivity contribution in [2.45, 2.75) is 19.4 Å². The van der Waals surface area contributed by atoms with Gasteiger partial charge in [0, 0.05) is 19.5 Å². The van der Waals surface area contributed by atoms with Crippen molar-refractivity contribution in [3.63, 3.8) is 0 Å². The maximum absolute atomic E-state index is 12.9. The molecule has 0 aliphatic carbocycles. The highest BCUT2D eigenvalue weighted by atomic mass is 19.3. The first-order valence-electron chi connectivity index (χ1n) is 5.89. The molecule has 0 saturated heterocycles. The summed E-state index contributed by atoms with van der Waals surface area (Å²) in [5, 5.41) is 7.56. The lowest BCUT2D eigenvalue weighted by Crippen LogP contribution is -2.38. The Labute approximate surface area is 114 Å². The SMILES string of the molecule is CN(Cc1nnc(-c2ccccc2)o1)C(=O)C(C)(F)F. The van der Waals surface area contributed by atoms with Gasteiger partial charge in [0.15, 0.2) is 0 Å². The molecule has 0 radical (unpaired) electrons. The fourth-order valence-electron chi connectivity index (χ4n) is 1.62. The molecule has 1 aromatic carbocycles. The molecular formula is C13H13F2N3O2. The van der Waals surface area contributed by atoms with Crippen LogP contribution in [-0.2, 0) is 11.3 Å². The van der Waals surface area contributed by atoms with E-state index in [1.54, 1.807) is 12.1 Å². The second kappa shape index (κ2) is 5.36. The zero-order chi connectivity index (χ0) is 14.8. The number of benzene rings is 1. The summed E-state index contributed by atoms with van der Waals surface area (Å²) in [4.78, 5) is 12.2. The van der Waals surface area contributed by atoms with Gasteiger partial charge >= 0.3 is 5.92 Å². The normalized spacial score (nSPS) is 11.4. The number of amides is 1. The molecule has 1 aromatic heterocycles. The van der Waals surface area contributed by atoms with Crippen molar-refractivity contribution in [1.82, 2.24) is 15.1 Å². The Morgan fingerprint density at radius 1 is 1.30 bits per heavy atom. The minimum absolute atomic E-state index is 0.101. The van der Waals surface area contributed by atoms with Crippen molar-refractivity contribution < 1.29 is 18.0 Å². The maximum Gasteiger partial charge on any atom is 0.322 e. The lowest BCUT2D eigenvalue weighted by Gasteiger charge is -2.18. The summed E-state index contributed by atoms with van der Waals surface area (Å²) in [5.74, 6) is -4.33. The third-order valence-corrected chi connectivity index (χ3v) is 2.58. The molecule has 0 unspecified atom stereocenters. The van der Waals surface area contributed by atoms with E-state index in [0.717, 1.165) is 10.5 Å². The lowest BCUT2D eigenvalue weighted by atomic mass is 10.2. The second-order valence-electron chi connectivity index (χ2n) is 4.42. The molecule has 0 fully saturated rings. The van der Waals surface area contributed by atoms with Crippen LogP contribution >= 0.6 is 0 Å². The van der Waals surface area contributed by atoms with Crippen LogP contribution in [0.1, 0.15) is 12.8 Å². The van der Waals surface area contributed by atoms with E-state index >= 15 is 0 Å². The minimum atomic E-state index is -3.42. The van der Waals surface area contributed by atoms with Crippen LogP contribution in [0.15, 0.2) is 34.7 Å². The molecular weight excluding hydrogens is 268 g/mol. The van der Waals surface area contributed by atoms with Crippen LogP contribution in [0.25, 0.3) is 11.5 Å². The van der Waals surface area contributed by atoms with Gasteiger partial charge in [-0.1, -0.05) is 18.2 Å². The first-order chi connectivity index (χ1) is 9.38. The van der Waals surface area contributed by atoms with Crippen molar-refractivity contribution in [2.75, 3.05) is 7.05 Å². The number of nitrogens with zero attached hydrogens (tertiary/aromatic N) is 3. The van der Waals surface area contributed by atoms with Gasteiger partial charge < -0.3 is 9.32 Å². The third-order valence-electron chi connectivity index (χ3n) is 2.58. The largest absolute Gasteiger partial charge is 0.419 e. The molecule has 1 heterocycles. The third kappa shape index (κ3) is 3.17. The zero-order valence-electron chi connectivity index (χ0n) is 11.0. The summed E-state index contributed by atoms with van der Waals surface area (Å²) in [6, 6.07) is 9.04. The Morgan fingerprint density at radius 2 is 1.95 bits per heavy atom. The molecule has 2 aromatic rings. The van der Waals surface area contributed by atoms with Crippen LogP contribution in [0, 0.1) is 0 Å². The number of hydrogen-bond donors (Lipinski definition) is 0. The molecule has 7 heteroatoms. The minimum Gasteiger partial charge on any atom is -0.419 e. The van der Waals surface area contributed by atoms with Crippen LogP contribution in [0.5, 0.6) is 0 Å². The number of hydrogen-bond acceptors (Lipinski definition) is 4. The van der Waals surface area contributed by atoms with E-state index in [2.05, 4.69) is 10.2 Å². The predicted molar refractivity (Wildman–Crippen MR) is 66.8 cm³/mol. The first-order valence-corrected chi connectivity index (χ1v) is 5.89. The average molecular weight is 281 g/mol. The molecule has 1 amide bonds. The van der Waals surface area contributed by atoms with E-state index in [1.807, 2.05) is 18.2 Å². The van der Waals surface area contributed by atoms with Crippen molar-refractivity contribution in [1.29, 1.82) is 0 Å². The number of rotatable bonds is 4. The van der Waals surface area contributed by atoms with Gasteiger partial charge in [0.05, 0.1) is 6.54 Å². The Balaban J connectivity index is 2.09. The summed E-state index contributed by atoms with van der Waals surface area (Å²) < 4.78 is 31.1. The lowest BCUT2D eigenvalue weighted by molar-refractivity contribution is -0.154. The molecule has 0 aliphatic heterocycles. The van der Waals surface area contributed by atoms with Crippen LogP contribution in [0.4, 0.5) is 8.78 Å². The monoisotopic (exact) mass is 281 g/mol. The van der Waals surface area contributed by atoms with Gasteiger partial charge in [-0.05, 0) is 12.1 Å². The average Bonchev–Trinajstić information content (AvgIpc) is 2.86. The molecule has 0 atom stereocenters. The highest BCUT2D eigenvalue weighted by Gasteiger charge is 2.35. The molecule has 0 bridgehead atoms. The fourth-order valence-corrected chi connectivity index (χ4v) is 1.62. The first kappa shape index (κ1) is 14.1. The second-order valence-corrected chi connectivity index (χ2v) is 4.42. The van der Waals surface area contributed by atoms with Crippen molar-refractivity contribution in [3.05, 3.63) is 36.2 Å². The maximum atomic E-state index is 12.9. The Kier molecular flexibility index (Phi) is 3.78. The van der Waals surface area contributed by atoms with E-state index in [1.165, 1.54) is 7.05 Å². The van der Waals surface area contributed by atoms with Gasteiger partial charge in [0.25, 0.3) is 5.91 Å². The molecule has 0 spiro atoms. The molecule has 2 rings (SSSR count). The van der Waals surface area contributed by atoms with E-state index in [0.29, 0.717) is 6.92 Å². The highest BCUT2D eigenvalue weighted by molar-refractivity contribution is 5.82. The molecule has 0 saturated carbocycles. The Hall–Kier alpha value is -2.31. The summed E-state index contributed by atoms with van der Waals surface area (Å²) in [7, 11) is 1.26. The van der Waals surface area contributed by atoms with E-state index in [9.17, 15) is 13.6 Å². The molecule has 20 heavy (non-hydrogen) atoms. The van der Waals surface area contributed by atoms with Gasteiger partial charge in [-0.15, -0.1) is 10.2 Å². The molecule has 0 aliphatic rings. The molecule has 106 valence electrons. The van der Waals surface area contributed by atoms with E-state index in [4.69, 9.17) is 4.42 Å². The number of aromatic nitrogens is 2. The Morgan fingerprint density at radius 3 is 2.55 bits per heavy atom. The predicted octanol–water partition coefficient (Wildman–Crippen LogP) is 2.35. The number of halogens is 2. The van der Waals surface area contributed by atoms with Crippen LogP contribution < -0.4 is 0 Å². The number of carbonyl (C=O) groups is 1. The van der Waals surface area contributed by atoms with Crippen LogP contribution in [0.2, 0.25) is 0 Å². The van der Waals surface area contributed by atoms with Gasteiger partial charge in [-0.3, -0.25) is 4.79 Å². The smallest absolute Gasteiger partial charge is 0.322 e. The van der Waals surface area contributed by atoms with Crippen molar-refractivity contribution in [3.8, 4) is 11.5 Å². The number of carbonyl (C=O) groups excluding carboxylic acids is 1. The summed E-state index contributed by atoms with van der Waals surface area (Å²) in [6.45, 7) is 0.386. The van der Waals surface area contributed by atoms with Crippen LogP contribution in [0.3, 0.4) is 0 Å². The van der Waals surface area contributed by atoms with Crippen molar-refractivity contribution in [2.24, 2.45) is 0 Å². The van der Waals surface area contributed by atoms with Gasteiger partial charge in [-0.25, -0.2) is 0 Å². The summed E-state index contributed by atoms with van der Waals surface area (Å²) >= 11 is 0. The van der Waals surface area contributed by atoms with Gasteiger partial charge in [-0.2, -0.15) is 8.78 Å². The molecule has 5 nitrogen and oxygen atoms in total. The standard InChI is InChI=1S/C13H13F2N3O2/c1-13(14,15)12(19)18(2)8-10-16-17-11(20-10)9-6-4-3-5-7-9/h3-7H,8H2,1-2H3. The molecule has 0 N–H and O–H groups in total. The number of alkyl halides is 2. The van der Waals surface area contributed by atoms with Crippen LogP contribution in [-0.4, -0.2) is 34.0 Å². The summed E-state index contributed by atoms with van der Waals surface area (Å²) in [5.41, 5.74) is 0.723. The zero-order valence-corrected chi connectivity index (χ0v) is 11.0. The Bertz CT molecular complexity index is 593. The van der Waals surface area contributed by atoms with Gasteiger partial charge in [0.2, 0.25) is 11.8 Å². The summed E-state index contributed by atoms with van der Waals surface area (Å²) in [6.07, 6.45) is 0. The quantitative estimate of drug-likeness (QED) is 0.863. The van der Waals surface area contributed by atoms with E-state index in [-0.39, 0.29) is 18.3 Å². The van der Waals surface area contributed by atoms with E-state index < -0.39 is 11.8 Å². The van der Waals surface area contributed by atoms with Crippen molar-refractivity contribution >= 4 is 5.91 Å². The van der Waals surface area contributed by atoms with Gasteiger partial charge in [0.1, 0.15) is 0 Å². The fraction of sp³-hybridized carbons (Fsp3) is 0.308.